The Hall–Kier alpha value is -4.67. The van der Waals surface area contributed by atoms with E-state index in [1.54, 1.807) is 25.1 Å². The van der Waals surface area contributed by atoms with Gasteiger partial charge in [-0.05, 0) is 95.1 Å². The fourth-order valence-electron chi connectivity index (χ4n) is 9.73. The van der Waals surface area contributed by atoms with Crippen molar-refractivity contribution in [2.45, 2.75) is 144 Å². The number of carbonyl (C=O) groups is 4. The molecule has 2 aliphatic heterocycles. The van der Waals surface area contributed by atoms with Crippen molar-refractivity contribution in [1.29, 1.82) is 0 Å². The predicted octanol–water partition coefficient (Wildman–Crippen LogP) is 3.84. The van der Waals surface area contributed by atoms with E-state index in [1.807, 2.05) is 0 Å². The Bertz CT molecular complexity index is 2180. The summed E-state index contributed by atoms with van der Waals surface area (Å²) in [5.41, 5.74) is -1.52. The van der Waals surface area contributed by atoms with E-state index in [2.05, 4.69) is 21.9 Å². The molecule has 7 atom stereocenters. The van der Waals surface area contributed by atoms with Crippen molar-refractivity contribution in [3.8, 4) is 11.8 Å². The number of hydrogen-bond acceptors (Lipinski definition) is 11. The first-order chi connectivity index (χ1) is 28.3. The van der Waals surface area contributed by atoms with Gasteiger partial charge in [0, 0.05) is 24.9 Å². The first-order valence-electron chi connectivity index (χ1n) is 21.3. The molecule has 3 N–H and O–H groups in total. The van der Waals surface area contributed by atoms with Gasteiger partial charge in [-0.25, -0.2) is 13.2 Å². The molecule has 2 bridgehead atoms. The van der Waals surface area contributed by atoms with Crippen LogP contribution in [0.5, 0.6) is 11.8 Å². The molecule has 4 saturated carbocycles. The quantitative estimate of drug-likeness (QED) is 0.326. The number of hydrogen-bond donors (Lipinski definition) is 3. The average Bonchev–Trinajstić information content (AvgIpc) is 3.83. The lowest BCUT2D eigenvalue weighted by Crippen LogP contribution is -2.59. The van der Waals surface area contributed by atoms with Gasteiger partial charge in [0.15, 0.2) is 0 Å². The Morgan fingerprint density at radius 3 is 2.44 bits per heavy atom. The third-order valence-electron chi connectivity index (χ3n) is 13.8. The molecule has 3 heterocycles. The molecule has 6 aliphatic rings. The highest BCUT2D eigenvalue weighted by Gasteiger charge is 2.63. The molecular formula is C42H56N6O10S. The number of aromatic nitrogens is 2. The van der Waals surface area contributed by atoms with Gasteiger partial charge in [0.25, 0.3) is 17.5 Å². The number of rotatable bonds is 8. The topological polar surface area (TPSA) is 204 Å². The van der Waals surface area contributed by atoms with Gasteiger partial charge in [-0.1, -0.05) is 31.8 Å². The van der Waals surface area contributed by atoms with Crippen molar-refractivity contribution in [2.75, 3.05) is 13.7 Å². The van der Waals surface area contributed by atoms with Crippen molar-refractivity contribution in [3.05, 3.63) is 41.2 Å². The van der Waals surface area contributed by atoms with E-state index < -0.39 is 68.2 Å². The van der Waals surface area contributed by atoms with Crippen LogP contribution in [0.25, 0.3) is 10.9 Å². The maximum absolute atomic E-state index is 14.9. The molecule has 0 spiro atoms. The van der Waals surface area contributed by atoms with Crippen LogP contribution in [0.15, 0.2) is 35.6 Å². The molecule has 4 amide bonds. The fourth-order valence-corrected chi connectivity index (χ4v) is 11.0. The van der Waals surface area contributed by atoms with Crippen LogP contribution >= 0.6 is 0 Å². The third-order valence-corrected chi connectivity index (χ3v) is 16.0. The van der Waals surface area contributed by atoms with E-state index in [9.17, 15) is 32.4 Å². The highest BCUT2D eigenvalue weighted by molar-refractivity contribution is 7.91. The standard InChI is InChI=1S/C42H56N6O10S/c1-4-27-23-42(27,38(52)46-59(54,55)41(2)18-19-41)45-35(49)32-22-29-24-48(32)37(51)34(26-12-7-8-13-26)44-40(53)58-33-15-10-14-25(33)11-6-5-9-20-47-36(50)30-17-16-28(56-3)21-31(30)43-39(47)57-29/h4,16-17,21,25-27,29,32-34H,1,5-15,18-20,22-24H2,2-3H3,(H,44,53)(H,45,49)(H,46,52). The summed E-state index contributed by atoms with van der Waals surface area (Å²) in [7, 11) is -2.50. The second-order valence-electron chi connectivity index (χ2n) is 17.8. The minimum absolute atomic E-state index is 0.0397. The summed E-state index contributed by atoms with van der Waals surface area (Å²) in [5.74, 6) is -2.09. The Kier molecular flexibility index (Phi) is 11.2. The van der Waals surface area contributed by atoms with Crippen LogP contribution < -0.4 is 30.4 Å². The molecule has 320 valence electrons. The Morgan fingerprint density at radius 1 is 1.00 bits per heavy atom. The van der Waals surface area contributed by atoms with Crippen LogP contribution in [-0.4, -0.2) is 94.9 Å². The second kappa shape index (κ2) is 16.1. The second-order valence-corrected chi connectivity index (χ2v) is 20.0. The Morgan fingerprint density at radius 2 is 1.73 bits per heavy atom. The summed E-state index contributed by atoms with van der Waals surface area (Å²) in [6.45, 7) is 5.61. The van der Waals surface area contributed by atoms with Crippen molar-refractivity contribution in [2.24, 2.45) is 17.8 Å². The molecule has 8 rings (SSSR count). The van der Waals surface area contributed by atoms with Crippen molar-refractivity contribution >= 4 is 44.7 Å². The molecule has 17 heteroatoms. The molecule has 1 aromatic carbocycles. The molecule has 1 aromatic heterocycles. The van der Waals surface area contributed by atoms with Gasteiger partial charge in [-0.15, -0.1) is 6.58 Å². The molecule has 4 aliphatic carbocycles. The van der Waals surface area contributed by atoms with Crippen LogP contribution in [0, 0.1) is 17.8 Å². The van der Waals surface area contributed by atoms with Crippen LogP contribution in [0.3, 0.4) is 0 Å². The number of benzene rings is 1. The zero-order valence-electron chi connectivity index (χ0n) is 33.9. The fraction of sp³-hybridized carbons (Fsp3) is 0.667. The SMILES string of the molecule is C=CC1CC1(NC(=O)C1CC2CN1C(=O)C(C1CCCC1)NC(=O)OC1CCCC1CCCCCn1c(nc3cc(OC)ccc3c1=O)O2)C(=O)NS(=O)(=O)C1(C)CC1. The van der Waals surface area contributed by atoms with Crippen molar-refractivity contribution in [1.82, 2.24) is 29.8 Å². The molecule has 16 nitrogen and oxygen atoms in total. The zero-order valence-corrected chi connectivity index (χ0v) is 34.7. The molecule has 5 fully saturated rings. The maximum Gasteiger partial charge on any atom is 0.408 e. The molecule has 1 saturated heterocycles. The number of nitrogens with zero attached hydrogens (tertiary/aromatic N) is 3. The van der Waals surface area contributed by atoms with Gasteiger partial charge < -0.3 is 29.7 Å². The van der Waals surface area contributed by atoms with Gasteiger partial charge in [-0.2, -0.15) is 4.98 Å². The van der Waals surface area contributed by atoms with E-state index in [4.69, 9.17) is 19.2 Å². The number of ether oxygens (including phenoxy) is 3. The number of fused-ring (bicyclic) bond motifs is 5. The summed E-state index contributed by atoms with van der Waals surface area (Å²) < 4.78 is 46.9. The first-order valence-corrected chi connectivity index (χ1v) is 22.8. The molecule has 59 heavy (non-hydrogen) atoms. The number of amides is 4. The monoisotopic (exact) mass is 836 g/mol. The molecular weight excluding hydrogens is 781 g/mol. The number of nitrogens with one attached hydrogen (secondary N) is 3. The minimum Gasteiger partial charge on any atom is -0.497 e. The smallest absolute Gasteiger partial charge is 0.408 e. The third kappa shape index (κ3) is 8.02. The van der Waals surface area contributed by atoms with Crippen LogP contribution in [0.1, 0.15) is 103 Å². The van der Waals surface area contributed by atoms with Crippen LogP contribution in [0.2, 0.25) is 0 Å². The number of methoxy groups -OCH3 is 1. The summed E-state index contributed by atoms with van der Waals surface area (Å²) in [6.07, 6.45) is 9.62. The van der Waals surface area contributed by atoms with E-state index >= 15 is 0 Å². The van der Waals surface area contributed by atoms with Gasteiger partial charge in [0.05, 0.1) is 29.3 Å². The van der Waals surface area contributed by atoms with E-state index in [0.29, 0.717) is 55.3 Å². The van der Waals surface area contributed by atoms with Crippen LogP contribution in [0.4, 0.5) is 4.79 Å². The van der Waals surface area contributed by atoms with Crippen molar-refractivity contribution < 1.29 is 41.8 Å². The average molecular weight is 837 g/mol. The highest BCUT2D eigenvalue weighted by Crippen LogP contribution is 2.47. The van der Waals surface area contributed by atoms with Gasteiger partial charge in [0.2, 0.25) is 21.8 Å². The first kappa shape index (κ1) is 41.1. The molecule has 0 radical (unpaired) electrons. The lowest BCUT2D eigenvalue weighted by atomic mass is 9.96. The highest BCUT2D eigenvalue weighted by atomic mass is 32.2. The maximum atomic E-state index is 14.9. The lowest BCUT2D eigenvalue weighted by Gasteiger charge is -2.32. The summed E-state index contributed by atoms with van der Waals surface area (Å²) >= 11 is 0. The lowest BCUT2D eigenvalue weighted by molar-refractivity contribution is -0.142. The normalized spacial score (nSPS) is 31.1. The number of sulfonamides is 1. The molecule has 7 unspecified atom stereocenters. The van der Waals surface area contributed by atoms with Gasteiger partial charge in [-0.3, -0.25) is 28.5 Å². The predicted molar refractivity (Wildman–Crippen MR) is 216 cm³/mol. The summed E-state index contributed by atoms with van der Waals surface area (Å²) in [4.78, 5) is 77.2. The summed E-state index contributed by atoms with van der Waals surface area (Å²) in [5, 5.41) is 6.15. The number of alkyl carbamates (subject to hydrolysis) is 1. The zero-order chi connectivity index (χ0) is 41.7. The summed E-state index contributed by atoms with van der Waals surface area (Å²) in [6, 6.07) is 2.89. The van der Waals surface area contributed by atoms with E-state index in [0.717, 1.165) is 51.4 Å². The largest absolute Gasteiger partial charge is 0.497 e. The van der Waals surface area contributed by atoms with E-state index in [-0.39, 0.29) is 48.9 Å². The van der Waals surface area contributed by atoms with Crippen molar-refractivity contribution in [3.63, 3.8) is 0 Å². The Labute approximate surface area is 344 Å². The number of carbonyl (C=O) groups excluding carboxylic acids is 4. The van der Waals surface area contributed by atoms with E-state index in [1.165, 1.54) is 22.7 Å². The van der Waals surface area contributed by atoms with Gasteiger partial charge >= 0.3 is 6.09 Å². The Balaban J connectivity index is 1.14. The van der Waals surface area contributed by atoms with Crippen LogP contribution in [-0.2, 0) is 35.7 Å². The minimum atomic E-state index is -4.02. The van der Waals surface area contributed by atoms with Gasteiger partial charge in [0.1, 0.15) is 35.6 Å². The molecule has 2 aromatic rings.